The smallest absolute Gasteiger partial charge is 0.251 e. The molecule has 1 fully saturated rings. The highest BCUT2D eigenvalue weighted by molar-refractivity contribution is 5.94. The maximum absolute atomic E-state index is 12.3. The minimum absolute atomic E-state index is 0.0412. The molecular weight excluding hydrogens is 290 g/mol. The number of nitrogens with one attached hydrogen (secondary N) is 1. The molecule has 2 N–H and O–H groups in total. The lowest BCUT2D eigenvalue weighted by atomic mass is 10.0. The van der Waals surface area contributed by atoms with Crippen LogP contribution in [0.3, 0.4) is 0 Å². The van der Waals surface area contributed by atoms with Gasteiger partial charge in [-0.2, -0.15) is 0 Å². The molecule has 1 saturated heterocycles. The van der Waals surface area contributed by atoms with E-state index in [0.717, 1.165) is 31.6 Å². The van der Waals surface area contributed by atoms with Gasteiger partial charge in [0.05, 0.1) is 6.10 Å². The van der Waals surface area contributed by atoms with Crippen molar-refractivity contribution in [3.8, 4) is 0 Å². The fourth-order valence-electron chi connectivity index (χ4n) is 2.50. The molecule has 0 atom stereocenters. The Hall–Kier alpha value is -1.59. The first kappa shape index (κ1) is 17.8. The maximum atomic E-state index is 12.3. The largest absolute Gasteiger partial charge is 0.393 e. The van der Waals surface area contributed by atoms with Crippen LogP contribution >= 0.6 is 0 Å². The first-order valence-electron chi connectivity index (χ1n) is 8.28. The Bertz CT molecular complexity index is 518. The summed E-state index contributed by atoms with van der Waals surface area (Å²) >= 11 is 0. The van der Waals surface area contributed by atoms with Crippen LogP contribution in [0.1, 0.15) is 37.0 Å². The molecule has 2 rings (SSSR count). The normalized spacial score (nSPS) is 16.7. The van der Waals surface area contributed by atoms with Crippen LogP contribution in [-0.4, -0.2) is 61.3 Å². The average Bonchev–Trinajstić information content (AvgIpc) is 2.53. The van der Waals surface area contributed by atoms with E-state index in [0.29, 0.717) is 12.1 Å². The van der Waals surface area contributed by atoms with E-state index in [1.807, 2.05) is 38.4 Å². The summed E-state index contributed by atoms with van der Waals surface area (Å²) in [7, 11) is 4.02. The zero-order valence-corrected chi connectivity index (χ0v) is 14.7. The Kier molecular flexibility index (Phi) is 5.65. The summed E-state index contributed by atoms with van der Waals surface area (Å²) in [6.45, 7) is 6.53. The molecule has 0 radical (unpaired) electrons. The number of carbonyl (C=O) groups excluding carboxylic acids is 1. The summed E-state index contributed by atoms with van der Waals surface area (Å²) in [6, 6.07) is 7.73. The number of aliphatic hydroxyl groups is 1. The molecule has 0 aromatic heterocycles. The highest BCUT2D eigenvalue weighted by Gasteiger charge is 2.21. The highest BCUT2D eigenvalue weighted by atomic mass is 16.3. The number of hydrogen-bond donors (Lipinski definition) is 2. The molecule has 0 saturated carbocycles. The van der Waals surface area contributed by atoms with E-state index >= 15 is 0 Å². The van der Waals surface area contributed by atoms with E-state index in [4.69, 9.17) is 0 Å². The summed E-state index contributed by atoms with van der Waals surface area (Å²) in [5, 5.41) is 12.6. The van der Waals surface area contributed by atoms with Gasteiger partial charge in [-0.05, 0) is 65.0 Å². The summed E-state index contributed by atoms with van der Waals surface area (Å²) in [6.07, 6.45) is 1.44. The first-order chi connectivity index (χ1) is 10.8. The van der Waals surface area contributed by atoms with Gasteiger partial charge in [-0.3, -0.25) is 4.79 Å². The van der Waals surface area contributed by atoms with Crippen molar-refractivity contribution in [2.75, 3.05) is 38.6 Å². The predicted molar refractivity (Wildman–Crippen MR) is 94.0 cm³/mol. The molecule has 1 aromatic rings. The van der Waals surface area contributed by atoms with Crippen LogP contribution in [0.15, 0.2) is 24.3 Å². The SMILES string of the molecule is CN(C)C(C)(C)CNC(=O)c1ccc(N2CCC(O)CC2)cc1. The van der Waals surface area contributed by atoms with Gasteiger partial charge in [-0.1, -0.05) is 0 Å². The fraction of sp³-hybridized carbons (Fsp3) is 0.611. The van der Waals surface area contributed by atoms with E-state index in [2.05, 4.69) is 29.0 Å². The molecule has 1 amide bonds. The Morgan fingerprint density at radius 1 is 1.26 bits per heavy atom. The fourth-order valence-corrected chi connectivity index (χ4v) is 2.50. The molecule has 0 aliphatic carbocycles. The molecule has 0 unspecified atom stereocenters. The number of nitrogens with zero attached hydrogens (tertiary/aromatic N) is 2. The van der Waals surface area contributed by atoms with Crippen LogP contribution in [0.2, 0.25) is 0 Å². The van der Waals surface area contributed by atoms with E-state index in [1.54, 1.807) is 0 Å². The van der Waals surface area contributed by atoms with Gasteiger partial charge < -0.3 is 20.2 Å². The minimum atomic E-state index is -0.170. The van der Waals surface area contributed by atoms with Crippen molar-refractivity contribution in [2.45, 2.75) is 38.3 Å². The lowest BCUT2D eigenvalue weighted by molar-refractivity contribution is 0.0919. The van der Waals surface area contributed by atoms with Crippen LogP contribution < -0.4 is 10.2 Å². The van der Waals surface area contributed by atoms with Crippen molar-refractivity contribution in [3.63, 3.8) is 0 Å². The second kappa shape index (κ2) is 7.32. The van der Waals surface area contributed by atoms with Crippen molar-refractivity contribution in [3.05, 3.63) is 29.8 Å². The number of anilines is 1. The second-order valence-electron chi connectivity index (χ2n) is 7.15. The molecule has 0 spiro atoms. The summed E-state index contributed by atoms with van der Waals surface area (Å²) in [4.78, 5) is 16.6. The number of rotatable bonds is 5. The molecule has 1 heterocycles. The van der Waals surface area contributed by atoms with Gasteiger partial charge in [-0.15, -0.1) is 0 Å². The molecule has 5 heteroatoms. The van der Waals surface area contributed by atoms with Crippen LogP contribution in [0.5, 0.6) is 0 Å². The molecular formula is C18H29N3O2. The number of likely N-dealkylation sites (N-methyl/N-ethyl adjacent to an activating group) is 1. The van der Waals surface area contributed by atoms with E-state index in [-0.39, 0.29) is 17.6 Å². The number of aliphatic hydroxyl groups excluding tert-OH is 1. The monoisotopic (exact) mass is 319 g/mol. The zero-order chi connectivity index (χ0) is 17.0. The van der Waals surface area contributed by atoms with Crippen molar-refractivity contribution >= 4 is 11.6 Å². The Morgan fingerprint density at radius 3 is 2.35 bits per heavy atom. The van der Waals surface area contributed by atoms with Gasteiger partial charge in [-0.25, -0.2) is 0 Å². The van der Waals surface area contributed by atoms with Gasteiger partial charge >= 0.3 is 0 Å². The van der Waals surface area contributed by atoms with Gasteiger partial charge in [0.2, 0.25) is 0 Å². The average molecular weight is 319 g/mol. The van der Waals surface area contributed by atoms with E-state index in [9.17, 15) is 9.90 Å². The molecule has 0 bridgehead atoms. The third-order valence-corrected chi connectivity index (χ3v) is 4.85. The Morgan fingerprint density at radius 2 is 1.83 bits per heavy atom. The van der Waals surface area contributed by atoms with Gasteiger partial charge in [0.15, 0.2) is 0 Å². The van der Waals surface area contributed by atoms with Crippen molar-refractivity contribution in [2.24, 2.45) is 0 Å². The summed E-state index contributed by atoms with van der Waals surface area (Å²) < 4.78 is 0. The topological polar surface area (TPSA) is 55.8 Å². The van der Waals surface area contributed by atoms with Gasteiger partial charge in [0.25, 0.3) is 5.91 Å². The number of amides is 1. The third-order valence-electron chi connectivity index (χ3n) is 4.85. The second-order valence-corrected chi connectivity index (χ2v) is 7.15. The molecule has 23 heavy (non-hydrogen) atoms. The Balaban J connectivity index is 1.92. The zero-order valence-electron chi connectivity index (χ0n) is 14.7. The van der Waals surface area contributed by atoms with Crippen LogP contribution in [0.4, 0.5) is 5.69 Å². The third kappa shape index (κ3) is 4.69. The van der Waals surface area contributed by atoms with Crippen molar-refractivity contribution < 1.29 is 9.90 Å². The Labute approximate surface area is 139 Å². The van der Waals surface area contributed by atoms with Crippen LogP contribution in [-0.2, 0) is 0 Å². The summed E-state index contributed by atoms with van der Waals surface area (Å²) in [5.41, 5.74) is 1.71. The van der Waals surface area contributed by atoms with Crippen molar-refractivity contribution in [1.82, 2.24) is 10.2 Å². The lowest BCUT2D eigenvalue weighted by Gasteiger charge is -2.32. The lowest BCUT2D eigenvalue weighted by Crippen LogP contribution is -2.48. The van der Waals surface area contributed by atoms with Crippen molar-refractivity contribution in [1.29, 1.82) is 0 Å². The van der Waals surface area contributed by atoms with Gasteiger partial charge in [0, 0.05) is 36.4 Å². The number of hydrogen-bond acceptors (Lipinski definition) is 4. The maximum Gasteiger partial charge on any atom is 0.251 e. The highest BCUT2D eigenvalue weighted by Crippen LogP contribution is 2.20. The number of piperidine rings is 1. The van der Waals surface area contributed by atoms with Gasteiger partial charge in [0.1, 0.15) is 0 Å². The molecule has 5 nitrogen and oxygen atoms in total. The first-order valence-corrected chi connectivity index (χ1v) is 8.28. The number of carbonyl (C=O) groups is 1. The quantitative estimate of drug-likeness (QED) is 0.868. The van der Waals surface area contributed by atoms with Crippen LogP contribution in [0, 0.1) is 0 Å². The standard InChI is InChI=1S/C18H29N3O2/c1-18(2,20(3)4)13-19-17(23)14-5-7-15(8-6-14)21-11-9-16(22)10-12-21/h5-8,16,22H,9-13H2,1-4H3,(H,19,23). The molecule has 1 aliphatic rings. The van der Waals surface area contributed by atoms with E-state index in [1.165, 1.54) is 0 Å². The number of benzene rings is 1. The molecule has 128 valence electrons. The molecule has 1 aromatic carbocycles. The molecule has 1 aliphatic heterocycles. The predicted octanol–water partition coefficient (Wildman–Crippen LogP) is 1.72. The minimum Gasteiger partial charge on any atom is -0.393 e. The summed E-state index contributed by atoms with van der Waals surface area (Å²) in [5.74, 6) is -0.0412. The van der Waals surface area contributed by atoms with E-state index < -0.39 is 0 Å². The van der Waals surface area contributed by atoms with Crippen LogP contribution in [0.25, 0.3) is 0 Å².